The van der Waals surface area contributed by atoms with Crippen LogP contribution in [0.3, 0.4) is 0 Å². The maximum atomic E-state index is 12.7. The van der Waals surface area contributed by atoms with Crippen LogP contribution in [0.1, 0.15) is 19.8 Å². The number of nitrogens with zero attached hydrogens (tertiary/aromatic N) is 1. The van der Waals surface area contributed by atoms with Gasteiger partial charge in [0, 0.05) is 23.7 Å². The number of amides is 1. The molecule has 0 aliphatic carbocycles. The van der Waals surface area contributed by atoms with E-state index in [4.69, 9.17) is 0 Å². The minimum absolute atomic E-state index is 0.0704. The van der Waals surface area contributed by atoms with Gasteiger partial charge in [0.2, 0.25) is 5.91 Å². The molecule has 0 aliphatic rings. The van der Waals surface area contributed by atoms with Crippen LogP contribution in [0.15, 0.2) is 30.5 Å². The number of benzene rings is 1. The molecular weight excluding hydrogens is 257 g/mol. The highest BCUT2D eigenvalue weighted by Crippen LogP contribution is 2.29. The first kappa shape index (κ1) is 13.5. The second kappa shape index (κ2) is 4.95. The van der Waals surface area contributed by atoms with Crippen LogP contribution in [0, 0.1) is 0 Å². The topological polar surface area (TPSA) is 34.0 Å². The van der Waals surface area contributed by atoms with Crippen LogP contribution < -0.4 is 5.32 Å². The number of aromatic nitrogens is 1. The van der Waals surface area contributed by atoms with Crippen molar-refractivity contribution in [3.8, 4) is 0 Å². The quantitative estimate of drug-likeness (QED) is 0.902. The van der Waals surface area contributed by atoms with Crippen LogP contribution in [0.2, 0.25) is 0 Å². The first-order chi connectivity index (χ1) is 8.91. The molecule has 0 saturated carbocycles. The van der Waals surface area contributed by atoms with Gasteiger partial charge in [-0.3, -0.25) is 9.36 Å². The molecule has 3 nitrogen and oxygen atoms in total. The maximum absolute atomic E-state index is 12.7. The number of anilines is 1. The van der Waals surface area contributed by atoms with Crippen molar-refractivity contribution in [3.05, 3.63) is 30.5 Å². The summed E-state index contributed by atoms with van der Waals surface area (Å²) in [7, 11) is 0. The summed E-state index contributed by atoms with van der Waals surface area (Å²) in [4.78, 5) is 11.4. The van der Waals surface area contributed by atoms with E-state index in [2.05, 4.69) is 5.32 Å². The van der Waals surface area contributed by atoms with E-state index in [1.807, 2.05) is 6.92 Å². The second-order valence-corrected chi connectivity index (χ2v) is 4.23. The first-order valence-corrected chi connectivity index (χ1v) is 5.90. The molecule has 0 radical (unpaired) electrons. The van der Waals surface area contributed by atoms with Gasteiger partial charge in [0.15, 0.2) is 0 Å². The minimum Gasteiger partial charge on any atom is -0.326 e. The fourth-order valence-corrected chi connectivity index (χ4v) is 1.89. The maximum Gasteiger partial charge on any atom is 0.488 e. The van der Waals surface area contributed by atoms with E-state index in [0.717, 1.165) is 12.6 Å². The molecule has 0 bridgehead atoms. The van der Waals surface area contributed by atoms with Gasteiger partial charge in [0.1, 0.15) is 0 Å². The molecule has 0 saturated heterocycles. The van der Waals surface area contributed by atoms with Crippen molar-refractivity contribution in [2.24, 2.45) is 0 Å². The third kappa shape index (κ3) is 2.89. The second-order valence-electron chi connectivity index (χ2n) is 4.23. The molecule has 2 rings (SSSR count). The number of carbonyl (C=O) groups excluding carboxylic acids is 1. The average Bonchev–Trinajstić information content (AvgIpc) is 2.71. The SMILES string of the molecule is CCCC(=O)Nc1ccc2c(ccn2C(F)(F)F)c1. The fraction of sp³-hybridized carbons (Fsp3) is 0.308. The Hall–Kier alpha value is -1.98. The predicted molar refractivity (Wildman–Crippen MR) is 66.8 cm³/mol. The molecular formula is C13H13F3N2O. The summed E-state index contributed by atoms with van der Waals surface area (Å²) in [5.41, 5.74) is 0.576. The van der Waals surface area contributed by atoms with E-state index in [1.54, 1.807) is 0 Å². The number of halogens is 3. The number of alkyl halides is 3. The number of hydrogen-bond acceptors (Lipinski definition) is 1. The van der Waals surface area contributed by atoms with E-state index in [9.17, 15) is 18.0 Å². The van der Waals surface area contributed by atoms with Crippen LogP contribution in [0.4, 0.5) is 18.9 Å². The molecule has 0 atom stereocenters. The Balaban J connectivity index is 2.30. The van der Waals surface area contributed by atoms with E-state index >= 15 is 0 Å². The third-order valence-electron chi connectivity index (χ3n) is 2.72. The van der Waals surface area contributed by atoms with Crippen molar-refractivity contribution >= 4 is 22.5 Å². The van der Waals surface area contributed by atoms with Crippen molar-refractivity contribution in [2.75, 3.05) is 5.32 Å². The minimum atomic E-state index is -4.44. The van der Waals surface area contributed by atoms with E-state index < -0.39 is 6.30 Å². The lowest BCUT2D eigenvalue weighted by Gasteiger charge is -2.10. The Kier molecular flexibility index (Phi) is 3.50. The molecule has 1 aromatic heterocycles. The van der Waals surface area contributed by atoms with Crippen molar-refractivity contribution in [3.63, 3.8) is 0 Å². The Morgan fingerprint density at radius 1 is 1.32 bits per heavy atom. The Morgan fingerprint density at radius 2 is 2.05 bits per heavy atom. The lowest BCUT2D eigenvalue weighted by atomic mass is 10.2. The van der Waals surface area contributed by atoms with Gasteiger partial charge in [-0.15, -0.1) is 13.2 Å². The van der Waals surface area contributed by atoms with Crippen LogP contribution >= 0.6 is 0 Å². The molecule has 1 N–H and O–H groups in total. The lowest BCUT2D eigenvalue weighted by Crippen LogP contribution is -2.15. The molecule has 1 amide bonds. The predicted octanol–water partition coefficient (Wildman–Crippen LogP) is 3.86. The largest absolute Gasteiger partial charge is 0.488 e. The summed E-state index contributed by atoms with van der Waals surface area (Å²) in [6, 6.07) is 5.73. The molecule has 0 aliphatic heterocycles. The molecule has 102 valence electrons. The van der Waals surface area contributed by atoms with Crippen LogP contribution in [-0.2, 0) is 11.1 Å². The van der Waals surface area contributed by atoms with Crippen molar-refractivity contribution in [1.29, 1.82) is 0 Å². The molecule has 6 heteroatoms. The summed E-state index contributed by atoms with van der Waals surface area (Å²) >= 11 is 0. The van der Waals surface area contributed by atoms with Gasteiger partial charge in [-0.1, -0.05) is 6.92 Å². The summed E-state index contributed by atoms with van der Waals surface area (Å²) < 4.78 is 38.2. The monoisotopic (exact) mass is 270 g/mol. The van der Waals surface area contributed by atoms with Gasteiger partial charge in [0.05, 0.1) is 5.52 Å². The van der Waals surface area contributed by atoms with Crippen molar-refractivity contribution < 1.29 is 18.0 Å². The van der Waals surface area contributed by atoms with Crippen molar-refractivity contribution in [1.82, 2.24) is 4.57 Å². The number of nitrogens with one attached hydrogen (secondary N) is 1. The summed E-state index contributed by atoms with van der Waals surface area (Å²) in [6.07, 6.45) is -2.35. The molecule has 1 heterocycles. The Bertz CT molecular complexity index is 601. The van der Waals surface area contributed by atoms with Crippen LogP contribution in [0.5, 0.6) is 0 Å². The van der Waals surface area contributed by atoms with Gasteiger partial charge in [0.25, 0.3) is 0 Å². The number of fused-ring (bicyclic) bond motifs is 1. The van der Waals surface area contributed by atoms with Gasteiger partial charge in [-0.25, -0.2) is 0 Å². The van der Waals surface area contributed by atoms with Gasteiger partial charge >= 0.3 is 6.30 Å². The Morgan fingerprint density at radius 3 is 2.68 bits per heavy atom. The number of rotatable bonds is 3. The first-order valence-electron chi connectivity index (χ1n) is 5.90. The zero-order chi connectivity index (χ0) is 14.0. The smallest absolute Gasteiger partial charge is 0.326 e. The highest BCUT2D eigenvalue weighted by molar-refractivity contribution is 5.93. The third-order valence-corrected chi connectivity index (χ3v) is 2.72. The number of hydrogen-bond donors (Lipinski definition) is 1. The molecule has 2 aromatic rings. The molecule has 1 aromatic carbocycles. The summed E-state index contributed by atoms with van der Waals surface area (Å²) in [5.74, 6) is -0.142. The zero-order valence-electron chi connectivity index (χ0n) is 10.3. The molecule has 0 unspecified atom stereocenters. The highest BCUT2D eigenvalue weighted by atomic mass is 19.4. The van der Waals surface area contributed by atoms with Crippen LogP contribution in [0.25, 0.3) is 10.9 Å². The van der Waals surface area contributed by atoms with E-state index in [-0.39, 0.29) is 16.0 Å². The molecule has 0 fully saturated rings. The standard InChI is InChI=1S/C13H13F3N2O/c1-2-3-12(19)17-10-4-5-11-9(8-10)6-7-18(11)13(14,15)16/h4-8H,2-3H2,1H3,(H,17,19). The normalized spacial score (nSPS) is 11.8. The van der Waals surface area contributed by atoms with Gasteiger partial charge in [-0.2, -0.15) is 0 Å². The van der Waals surface area contributed by atoms with E-state index in [0.29, 0.717) is 17.5 Å². The molecule has 0 spiro atoms. The fourth-order valence-electron chi connectivity index (χ4n) is 1.89. The van der Waals surface area contributed by atoms with Gasteiger partial charge < -0.3 is 5.32 Å². The summed E-state index contributed by atoms with van der Waals surface area (Å²) in [6.45, 7) is 1.88. The molecule has 19 heavy (non-hydrogen) atoms. The Labute approximate surface area is 108 Å². The van der Waals surface area contributed by atoms with Crippen molar-refractivity contribution in [2.45, 2.75) is 26.1 Å². The number of carbonyl (C=O) groups is 1. The summed E-state index contributed by atoms with van der Waals surface area (Å²) in [5, 5.41) is 3.09. The van der Waals surface area contributed by atoms with Crippen LogP contribution in [-0.4, -0.2) is 10.5 Å². The van der Waals surface area contributed by atoms with E-state index in [1.165, 1.54) is 24.3 Å². The lowest BCUT2D eigenvalue weighted by molar-refractivity contribution is -0.200. The highest BCUT2D eigenvalue weighted by Gasteiger charge is 2.31. The van der Waals surface area contributed by atoms with Gasteiger partial charge in [-0.05, 0) is 30.7 Å². The average molecular weight is 270 g/mol. The zero-order valence-corrected chi connectivity index (χ0v) is 10.3.